The Morgan fingerprint density at radius 3 is 2.56 bits per heavy atom. The van der Waals surface area contributed by atoms with Gasteiger partial charge in [0.1, 0.15) is 11.5 Å². The lowest BCUT2D eigenvalue weighted by Crippen LogP contribution is -2.13. The summed E-state index contributed by atoms with van der Waals surface area (Å²) in [6.45, 7) is 3.98. The van der Waals surface area contributed by atoms with E-state index in [0.29, 0.717) is 11.8 Å². The number of benzene rings is 1. The molecule has 0 aliphatic heterocycles. The summed E-state index contributed by atoms with van der Waals surface area (Å²) in [6, 6.07) is 12.8. The Labute approximate surface area is 108 Å². The maximum absolute atomic E-state index is 6.38. The molecule has 0 bridgehead atoms. The molecule has 0 amide bonds. The molecule has 3 rings (SSSR count). The fourth-order valence-electron chi connectivity index (χ4n) is 2.91. The molecule has 2 nitrogen and oxygen atoms in total. The minimum atomic E-state index is 0.104. The van der Waals surface area contributed by atoms with Crippen molar-refractivity contribution in [3.8, 4) is 0 Å². The summed E-state index contributed by atoms with van der Waals surface area (Å²) < 4.78 is 5.57. The highest BCUT2D eigenvalue weighted by Gasteiger charge is 2.43. The standard InChI is InChI=1S/C16H19NO/c1-10-8-13(11(2)18-10)16(17)15-9-14(15)12-6-4-3-5-7-12/h3-8,14-16H,9,17H2,1-2H3. The summed E-state index contributed by atoms with van der Waals surface area (Å²) in [5.41, 5.74) is 8.97. The van der Waals surface area contributed by atoms with Crippen molar-refractivity contribution in [1.82, 2.24) is 0 Å². The Balaban J connectivity index is 1.77. The largest absolute Gasteiger partial charge is 0.466 e. The molecule has 2 aromatic rings. The molecule has 1 aromatic heterocycles. The Hall–Kier alpha value is -1.54. The first-order chi connectivity index (χ1) is 8.66. The third kappa shape index (κ3) is 1.97. The molecule has 0 saturated heterocycles. The van der Waals surface area contributed by atoms with Gasteiger partial charge in [0.25, 0.3) is 0 Å². The fraction of sp³-hybridized carbons (Fsp3) is 0.375. The van der Waals surface area contributed by atoms with E-state index >= 15 is 0 Å². The van der Waals surface area contributed by atoms with Gasteiger partial charge in [0.15, 0.2) is 0 Å². The minimum absolute atomic E-state index is 0.104. The zero-order valence-corrected chi connectivity index (χ0v) is 10.9. The molecule has 1 fully saturated rings. The van der Waals surface area contributed by atoms with Crippen LogP contribution in [-0.4, -0.2) is 0 Å². The zero-order valence-electron chi connectivity index (χ0n) is 10.9. The van der Waals surface area contributed by atoms with E-state index in [1.54, 1.807) is 0 Å². The fourth-order valence-corrected chi connectivity index (χ4v) is 2.91. The van der Waals surface area contributed by atoms with Gasteiger partial charge in [-0.1, -0.05) is 30.3 Å². The molecule has 18 heavy (non-hydrogen) atoms. The summed E-state index contributed by atoms with van der Waals surface area (Å²) >= 11 is 0. The molecule has 0 radical (unpaired) electrons. The monoisotopic (exact) mass is 241 g/mol. The van der Waals surface area contributed by atoms with Gasteiger partial charge in [-0.05, 0) is 43.7 Å². The predicted octanol–water partition coefficient (Wildman–Crippen LogP) is 3.70. The highest BCUT2D eigenvalue weighted by atomic mass is 16.3. The first-order valence-electron chi connectivity index (χ1n) is 6.54. The second kappa shape index (κ2) is 4.29. The van der Waals surface area contributed by atoms with Crippen molar-refractivity contribution in [2.45, 2.75) is 32.2 Å². The maximum Gasteiger partial charge on any atom is 0.105 e. The zero-order chi connectivity index (χ0) is 12.7. The van der Waals surface area contributed by atoms with Crippen molar-refractivity contribution in [3.63, 3.8) is 0 Å². The number of nitrogens with two attached hydrogens (primary N) is 1. The van der Waals surface area contributed by atoms with Gasteiger partial charge in [0, 0.05) is 11.6 Å². The van der Waals surface area contributed by atoms with E-state index in [1.807, 2.05) is 13.8 Å². The molecule has 1 aliphatic rings. The SMILES string of the molecule is Cc1cc(C(N)C2CC2c2ccccc2)c(C)o1. The lowest BCUT2D eigenvalue weighted by Gasteiger charge is -2.10. The molecule has 2 heteroatoms. The van der Waals surface area contributed by atoms with E-state index < -0.39 is 0 Å². The van der Waals surface area contributed by atoms with E-state index in [9.17, 15) is 0 Å². The van der Waals surface area contributed by atoms with E-state index in [4.69, 9.17) is 10.2 Å². The smallest absolute Gasteiger partial charge is 0.105 e. The van der Waals surface area contributed by atoms with Crippen molar-refractivity contribution in [3.05, 3.63) is 59.0 Å². The van der Waals surface area contributed by atoms with Crippen LogP contribution >= 0.6 is 0 Å². The molecule has 2 N–H and O–H groups in total. The first-order valence-corrected chi connectivity index (χ1v) is 6.54. The van der Waals surface area contributed by atoms with Gasteiger partial charge in [-0.25, -0.2) is 0 Å². The van der Waals surface area contributed by atoms with Crippen LogP contribution in [0, 0.1) is 19.8 Å². The average Bonchev–Trinajstić information content (AvgIpc) is 3.10. The van der Waals surface area contributed by atoms with E-state index in [1.165, 1.54) is 17.5 Å². The Morgan fingerprint density at radius 2 is 1.94 bits per heavy atom. The van der Waals surface area contributed by atoms with Gasteiger partial charge in [0.05, 0.1) is 0 Å². The third-order valence-corrected chi connectivity index (χ3v) is 3.97. The number of furan rings is 1. The van der Waals surface area contributed by atoms with Crippen LogP contribution in [0.4, 0.5) is 0 Å². The predicted molar refractivity (Wildman–Crippen MR) is 72.4 cm³/mol. The maximum atomic E-state index is 6.38. The molecule has 94 valence electrons. The second-order valence-corrected chi connectivity index (χ2v) is 5.31. The summed E-state index contributed by atoms with van der Waals surface area (Å²) in [7, 11) is 0. The van der Waals surface area contributed by atoms with Crippen molar-refractivity contribution >= 4 is 0 Å². The lowest BCUT2D eigenvalue weighted by atomic mass is 10.00. The van der Waals surface area contributed by atoms with Crippen LogP contribution in [0.1, 0.15) is 41.0 Å². The highest BCUT2D eigenvalue weighted by Crippen LogP contribution is 2.53. The van der Waals surface area contributed by atoms with Crippen LogP contribution in [0.2, 0.25) is 0 Å². The van der Waals surface area contributed by atoms with Gasteiger partial charge in [0.2, 0.25) is 0 Å². The number of rotatable bonds is 3. The molecular formula is C16H19NO. The molecule has 1 heterocycles. The van der Waals surface area contributed by atoms with E-state index in [2.05, 4.69) is 36.4 Å². The molecule has 1 aliphatic carbocycles. The Kier molecular flexibility index (Phi) is 2.75. The summed E-state index contributed by atoms with van der Waals surface area (Å²) in [5, 5.41) is 0. The third-order valence-electron chi connectivity index (χ3n) is 3.97. The highest BCUT2D eigenvalue weighted by molar-refractivity contribution is 5.32. The summed E-state index contributed by atoms with van der Waals surface area (Å²) in [5.74, 6) is 3.10. The van der Waals surface area contributed by atoms with E-state index in [-0.39, 0.29) is 6.04 Å². The number of aryl methyl sites for hydroxylation is 2. The molecule has 1 aromatic carbocycles. The molecule has 3 atom stereocenters. The van der Waals surface area contributed by atoms with Crippen LogP contribution in [0.15, 0.2) is 40.8 Å². The van der Waals surface area contributed by atoms with Gasteiger partial charge in [-0.15, -0.1) is 0 Å². The number of hydrogen-bond acceptors (Lipinski definition) is 2. The second-order valence-electron chi connectivity index (χ2n) is 5.31. The van der Waals surface area contributed by atoms with Crippen molar-refractivity contribution in [2.24, 2.45) is 11.7 Å². The molecular weight excluding hydrogens is 222 g/mol. The van der Waals surface area contributed by atoms with Gasteiger partial charge in [-0.3, -0.25) is 0 Å². The van der Waals surface area contributed by atoms with Crippen molar-refractivity contribution in [1.29, 1.82) is 0 Å². The van der Waals surface area contributed by atoms with Crippen molar-refractivity contribution < 1.29 is 4.42 Å². The topological polar surface area (TPSA) is 39.2 Å². The quantitative estimate of drug-likeness (QED) is 0.890. The van der Waals surface area contributed by atoms with Gasteiger partial charge in [-0.2, -0.15) is 0 Å². The van der Waals surface area contributed by atoms with Crippen LogP contribution in [0.25, 0.3) is 0 Å². The first kappa shape index (κ1) is 11.5. The van der Waals surface area contributed by atoms with Crippen LogP contribution in [-0.2, 0) is 0 Å². The molecule has 1 saturated carbocycles. The number of hydrogen-bond donors (Lipinski definition) is 1. The Morgan fingerprint density at radius 1 is 1.22 bits per heavy atom. The van der Waals surface area contributed by atoms with Crippen LogP contribution < -0.4 is 5.73 Å². The molecule has 0 spiro atoms. The minimum Gasteiger partial charge on any atom is -0.466 e. The van der Waals surface area contributed by atoms with Crippen molar-refractivity contribution in [2.75, 3.05) is 0 Å². The summed E-state index contributed by atoms with van der Waals surface area (Å²) in [6.07, 6.45) is 1.19. The molecule has 3 unspecified atom stereocenters. The summed E-state index contributed by atoms with van der Waals surface area (Å²) in [4.78, 5) is 0. The Bertz CT molecular complexity index is 543. The van der Waals surface area contributed by atoms with Crippen LogP contribution in [0.3, 0.4) is 0 Å². The van der Waals surface area contributed by atoms with Crippen LogP contribution in [0.5, 0.6) is 0 Å². The lowest BCUT2D eigenvalue weighted by molar-refractivity contribution is 0.492. The average molecular weight is 241 g/mol. The van der Waals surface area contributed by atoms with E-state index in [0.717, 1.165) is 11.5 Å². The van der Waals surface area contributed by atoms with Gasteiger partial charge >= 0.3 is 0 Å². The normalized spacial score (nSPS) is 23.9. The van der Waals surface area contributed by atoms with Gasteiger partial charge < -0.3 is 10.2 Å².